The molecular formula is C10H21NO3. The number of carbonyl (C=O) groups is 1. The monoisotopic (exact) mass is 203 g/mol. The lowest BCUT2D eigenvalue weighted by atomic mass is 10.1. The molecule has 0 fully saturated rings. The topological polar surface area (TPSA) is 61.5 Å². The van der Waals surface area contributed by atoms with Gasteiger partial charge >= 0.3 is 5.97 Å². The van der Waals surface area contributed by atoms with Gasteiger partial charge in [-0.3, -0.25) is 0 Å². The Kier molecular flexibility index (Phi) is 5.72. The minimum atomic E-state index is -1.04. The lowest BCUT2D eigenvalue weighted by Crippen LogP contribution is -2.50. The highest BCUT2D eigenvalue weighted by atomic mass is 16.5. The third-order valence-corrected chi connectivity index (χ3v) is 2.01. The van der Waals surface area contributed by atoms with Crippen LogP contribution in [0.4, 0.5) is 0 Å². The Morgan fingerprint density at radius 2 is 2.14 bits per heavy atom. The van der Waals surface area contributed by atoms with Crippen molar-refractivity contribution in [1.29, 1.82) is 0 Å². The van der Waals surface area contributed by atoms with Crippen molar-refractivity contribution >= 4 is 5.97 Å². The summed E-state index contributed by atoms with van der Waals surface area (Å²) >= 11 is 0. The molecule has 0 bridgehead atoms. The summed E-state index contributed by atoms with van der Waals surface area (Å²) in [6, 6.07) is 0. The van der Waals surface area contributed by atoms with Crippen molar-refractivity contribution in [2.75, 3.05) is 13.7 Å². The third-order valence-electron chi connectivity index (χ3n) is 2.01. The quantitative estimate of drug-likeness (QED) is 0.656. The number of rotatable bonds is 6. The Morgan fingerprint density at radius 1 is 1.57 bits per heavy atom. The molecule has 0 aliphatic carbocycles. The summed E-state index contributed by atoms with van der Waals surface area (Å²) in [5, 5.41) is 0. The van der Waals surface area contributed by atoms with E-state index in [-0.39, 0.29) is 12.7 Å². The van der Waals surface area contributed by atoms with E-state index in [1.807, 2.05) is 6.92 Å². The fourth-order valence-corrected chi connectivity index (χ4v) is 1.10. The molecule has 14 heavy (non-hydrogen) atoms. The molecule has 4 nitrogen and oxygen atoms in total. The predicted molar refractivity (Wildman–Crippen MR) is 54.9 cm³/mol. The van der Waals surface area contributed by atoms with E-state index < -0.39 is 11.5 Å². The summed E-state index contributed by atoms with van der Waals surface area (Å²) in [4.78, 5) is 11.2. The standard InChI is InChI=1S/C10H21NO3/c1-5-6-8(2)14-7-10(3,11)9(12)13-4/h8H,5-7,11H2,1-4H3. The van der Waals surface area contributed by atoms with E-state index in [4.69, 9.17) is 10.5 Å². The number of hydrogen-bond acceptors (Lipinski definition) is 4. The molecule has 0 aromatic carbocycles. The largest absolute Gasteiger partial charge is 0.468 e. The summed E-state index contributed by atoms with van der Waals surface area (Å²) in [6.07, 6.45) is 2.16. The molecule has 0 rings (SSSR count). The van der Waals surface area contributed by atoms with E-state index in [1.54, 1.807) is 6.92 Å². The molecule has 0 saturated heterocycles. The molecule has 0 spiro atoms. The fourth-order valence-electron chi connectivity index (χ4n) is 1.10. The second kappa shape index (κ2) is 5.98. The smallest absolute Gasteiger partial charge is 0.327 e. The third kappa shape index (κ3) is 4.58. The zero-order valence-corrected chi connectivity index (χ0v) is 9.50. The summed E-state index contributed by atoms with van der Waals surface area (Å²) in [5.74, 6) is -0.443. The Hall–Kier alpha value is -0.610. The van der Waals surface area contributed by atoms with E-state index in [0.717, 1.165) is 12.8 Å². The van der Waals surface area contributed by atoms with Crippen LogP contribution < -0.4 is 5.73 Å². The van der Waals surface area contributed by atoms with Crippen LogP contribution in [0.5, 0.6) is 0 Å². The van der Waals surface area contributed by atoms with Gasteiger partial charge in [0.1, 0.15) is 5.54 Å². The number of methoxy groups -OCH3 is 1. The molecule has 2 unspecified atom stereocenters. The lowest BCUT2D eigenvalue weighted by molar-refractivity contribution is -0.149. The van der Waals surface area contributed by atoms with Gasteiger partial charge in [-0.05, 0) is 20.3 Å². The van der Waals surface area contributed by atoms with E-state index in [1.165, 1.54) is 7.11 Å². The van der Waals surface area contributed by atoms with Gasteiger partial charge < -0.3 is 15.2 Å². The van der Waals surface area contributed by atoms with Crippen molar-refractivity contribution in [3.05, 3.63) is 0 Å². The lowest BCUT2D eigenvalue weighted by Gasteiger charge is -2.23. The second-order valence-corrected chi connectivity index (χ2v) is 3.82. The minimum Gasteiger partial charge on any atom is -0.468 e. The Labute approximate surface area is 85.8 Å². The highest BCUT2D eigenvalue weighted by Gasteiger charge is 2.30. The van der Waals surface area contributed by atoms with Crippen LogP contribution in [0.1, 0.15) is 33.6 Å². The molecule has 4 heteroatoms. The zero-order valence-electron chi connectivity index (χ0n) is 9.50. The van der Waals surface area contributed by atoms with E-state index >= 15 is 0 Å². The van der Waals surface area contributed by atoms with Crippen molar-refractivity contribution in [3.8, 4) is 0 Å². The van der Waals surface area contributed by atoms with Crippen LogP contribution in [0, 0.1) is 0 Å². The van der Waals surface area contributed by atoms with E-state index in [2.05, 4.69) is 11.7 Å². The number of esters is 1. The first kappa shape index (κ1) is 13.4. The van der Waals surface area contributed by atoms with Crippen LogP contribution in [0.2, 0.25) is 0 Å². The van der Waals surface area contributed by atoms with Gasteiger partial charge in [-0.2, -0.15) is 0 Å². The highest BCUT2D eigenvalue weighted by molar-refractivity contribution is 5.80. The number of nitrogens with two attached hydrogens (primary N) is 1. The van der Waals surface area contributed by atoms with Crippen LogP contribution in [-0.4, -0.2) is 31.3 Å². The van der Waals surface area contributed by atoms with Gasteiger partial charge in [0.15, 0.2) is 0 Å². The molecule has 0 saturated carbocycles. The number of ether oxygens (including phenoxy) is 2. The van der Waals surface area contributed by atoms with Crippen LogP contribution in [0.3, 0.4) is 0 Å². The first-order valence-corrected chi connectivity index (χ1v) is 4.93. The van der Waals surface area contributed by atoms with Gasteiger partial charge in [0, 0.05) is 0 Å². The van der Waals surface area contributed by atoms with Gasteiger partial charge in [-0.15, -0.1) is 0 Å². The van der Waals surface area contributed by atoms with Gasteiger partial charge in [0.05, 0.1) is 19.8 Å². The summed E-state index contributed by atoms with van der Waals surface area (Å²) in [7, 11) is 1.32. The molecule has 84 valence electrons. The van der Waals surface area contributed by atoms with Crippen molar-refractivity contribution in [2.45, 2.75) is 45.3 Å². The van der Waals surface area contributed by atoms with Gasteiger partial charge in [0.25, 0.3) is 0 Å². The summed E-state index contributed by atoms with van der Waals surface area (Å²) < 4.78 is 10.0. The first-order chi connectivity index (χ1) is 6.44. The molecule has 0 aromatic rings. The molecule has 0 heterocycles. The number of hydrogen-bond donors (Lipinski definition) is 1. The predicted octanol–water partition coefficient (Wildman–Crippen LogP) is 1.08. The Morgan fingerprint density at radius 3 is 2.57 bits per heavy atom. The summed E-state index contributed by atoms with van der Waals surface area (Å²) in [6.45, 7) is 5.86. The molecule has 2 N–H and O–H groups in total. The Balaban J connectivity index is 3.92. The van der Waals surface area contributed by atoms with Crippen molar-refractivity contribution in [2.24, 2.45) is 5.73 Å². The van der Waals surface area contributed by atoms with Crippen LogP contribution >= 0.6 is 0 Å². The molecular weight excluding hydrogens is 182 g/mol. The molecule has 0 aliphatic rings. The molecule has 0 radical (unpaired) electrons. The van der Waals surface area contributed by atoms with Gasteiger partial charge in [-0.25, -0.2) is 4.79 Å². The molecule has 0 aromatic heterocycles. The van der Waals surface area contributed by atoms with Crippen LogP contribution in [0.15, 0.2) is 0 Å². The molecule has 0 aliphatic heterocycles. The fraction of sp³-hybridized carbons (Fsp3) is 0.900. The van der Waals surface area contributed by atoms with Crippen LogP contribution in [0.25, 0.3) is 0 Å². The summed E-state index contributed by atoms with van der Waals surface area (Å²) in [5.41, 5.74) is 4.67. The maximum Gasteiger partial charge on any atom is 0.327 e. The minimum absolute atomic E-state index is 0.132. The Bertz CT molecular complexity index is 180. The molecule has 0 amide bonds. The van der Waals surface area contributed by atoms with Crippen molar-refractivity contribution < 1.29 is 14.3 Å². The zero-order chi connectivity index (χ0) is 11.2. The molecule has 2 atom stereocenters. The number of carbonyl (C=O) groups excluding carboxylic acids is 1. The highest BCUT2D eigenvalue weighted by Crippen LogP contribution is 2.07. The van der Waals surface area contributed by atoms with Crippen LogP contribution in [-0.2, 0) is 14.3 Å². The first-order valence-electron chi connectivity index (χ1n) is 4.93. The average molecular weight is 203 g/mol. The SMILES string of the molecule is CCCC(C)OCC(C)(N)C(=O)OC. The maximum atomic E-state index is 11.2. The maximum absolute atomic E-state index is 11.2. The average Bonchev–Trinajstić information content (AvgIpc) is 2.14. The normalized spacial score (nSPS) is 17.2. The van der Waals surface area contributed by atoms with Gasteiger partial charge in [0.2, 0.25) is 0 Å². The van der Waals surface area contributed by atoms with E-state index in [0.29, 0.717) is 0 Å². The van der Waals surface area contributed by atoms with Crippen molar-refractivity contribution in [3.63, 3.8) is 0 Å². The van der Waals surface area contributed by atoms with Crippen molar-refractivity contribution in [1.82, 2.24) is 0 Å². The van der Waals surface area contributed by atoms with Gasteiger partial charge in [-0.1, -0.05) is 13.3 Å². The second-order valence-electron chi connectivity index (χ2n) is 3.82. The van der Waals surface area contributed by atoms with E-state index in [9.17, 15) is 4.79 Å².